The normalized spacial score (nSPS) is 12.1. The van der Waals surface area contributed by atoms with E-state index in [1.165, 1.54) is 0 Å². The molecule has 0 aliphatic rings. The molecule has 4 heteroatoms. The van der Waals surface area contributed by atoms with Crippen molar-refractivity contribution in [2.75, 3.05) is 20.3 Å². The van der Waals surface area contributed by atoms with Crippen LogP contribution in [0.15, 0.2) is 36.4 Å². The van der Waals surface area contributed by atoms with Crippen molar-refractivity contribution in [2.24, 2.45) is 0 Å². The molecule has 0 aliphatic carbocycles. The number of carbonyl (C=O) groups excluding carboxylic acids is 1. The summed E-state index contributed by atoms with van der Waals surface area (Å²) in [4.78, 5) is 11.6. The number of hydrogen-bond acceptors (Lipinski definition) is 3. The molecular formula is C18H23NO3. The maximum absolute atomic E-state index is 11.6. The Morgan fingerprint density at radius 3 is 2.82 bits per heavy atom. The lowest BCUT2D eigenvalue weighted by atomic mass is 9.93. The van der Waals surface area contributed by atoms with Gasteiger partial charge in [-0.05, 0) is 34.9 Å². The maximum Gasteiger partial charge on any atom is 0.220 e. The number of carbonyl (C=O) groups is 1. The van der Waals surface area contributed by atoms with Crippen LogP contribution in [0.4, 0.5) is 0 Å². The second-order valence-electron chi connectivity index (χ2n) is 5.37. The van der Waals surface area contributed by atoms with Crippen molar-refractivity contribution in [2.45, 2.75) is 25.7 Å². The second-order valence-corrected chi connectivity index (χ2v) is 5.37. The van der Waals surface area contributed by atoms with Gasteiger partial charge >= 0.3 is 0 Å². The number of amides is 1. The van der Waals surface area contributed by atoms with Crippen molar-refractivity contribution in [1.82, 2.24) is 5.32 Å². The molecule has 1 unspecified atom stereocenters. The van der Waals surface area contributed by atoms with Crippen molar-refractivity contribution in [3.63, 3.8) is 0 Å². The topological polar surface area (TPSA) is 58.6 Å². The van der Waals surface area contributed by atoms with E-state index in [2.05, 4.69) is 5.32 Å². The Hall–Kier alpha value is -2.07. The Bertz CT molecular complexity index is 639. The number of aliphatic hydroxyl groups is 1. The lowest BCUT2D eigenvalue weighted by Crippen LogP contribution is -2.29. The first-order valence-electron chi connectivity index (χ1n) is 7.63. The maximum atomic E-state index is 11.6. The zero-order valence-electron chi connectivity index (χ0n) is 13.1. The zero-order chi connectivity index (χ0) is 15.9. The minimum Gasteiger partial charge on any atom is -0.497 e. The van der Waals surface area contributed by atoms with Crippen LogP contribution in [0.1, 0.15) is 31.2 Å². The predicted octanol–water partition coefficient (Wildman–Crippen LogP) is 2.84. The number of hydrogen-bond donors (Lipinski definition) is 2. The fourth-order valence-electron chi connectivity index (χ4n) is 2.58. The number of nitrogens with one attached hydrogen (secondary N) is 1. The third kappa shape index (κ3) is 3.77. The van der Waals surface area contributed by atoms with Crippen molar-refractivity contribution in [3.05, 3.63) is 42.0 Å². The number of ether oxygens (including phenoxy) is 1. The van der Waals surface area contributed by atoms with Crippen LogP contribution in [0.3, 0.4) is 0 Å². The summed E-state index contributed by atoms with van der Waals surface area (Å²) in [6.07, 6.45) is 1.34. The fraction of sp³-hybridized carbons (Fsp3) is 0.389. The molecule has 0 heterocycles. The van der Waals surface area contributed by atoms with Gasteiger partial charge in [-0.3, -0.25) is 4.79 Å². The SMILES string of the molecule is CCCC(=O)NCC(CO)c1cccc2ccc(OC)cc12. The molecule has 0 bridgehead atoms. The largest absolute Gasteiger partial charge is 0.497 e. The van der Waals surface area contributed by atoms with Crippen molar-refractivity contribution >= 4 is 16.7 Å². The zero-order valence-corrected chi connectivity index (χ0v) is 13.1. The van der Waals surface area contributed by atoms with E-state index in [-0.39, 0.29) is 18.4 Å². The fourth-order valence-corrected chi connectivity index (χ4v) is 2.58. The summed E-state index contributed by atoms with van der Waals surface area (Å²) in [5.41, 5.74) is 1.02. The van der Waals surface area contributed by atoms with E-state index in [0.717, 1.165) is 28.5 Å². The van der Waals surface area contributed by atoms with Gasteiger partial charge in [0, 0.05) is 18.9 Å². The van der Waals surface area contributed by atoms with Crippen LogP contribution in [0.5, 0.6) is 5.75 Å². The molecule has 0 aromatic heterocycles. The third-order valence-corrected chi connectivity index (χ3v) is 3.81. The Kier molecular flexibility index (Phi) is 5.78. The molecule has 2 aromatic rings. The molecule has 22 heavy (non-hydrogen) atoms. The Labute approximate surface area is 131 Å². The molecule has 2 aromatic carbocycles. The lowest BCUT2D eigenvalue weighted by molar-refractivity contribution is -0.121. The third-order valence-electron chi connectivity index (χ3n) is 3.81. The molecule has 2 rings (SSSR count). The van der Waals surface area contributed by atoms with Gasteiger partial charge < -0.3 is 15.2 Å². The molecule has 1 amide bonds. The Morgan fingerprint density at radius 1 is 1.32 bits per heavy atom. The smallest absolute Gasteiger partial charge is 0.220 e. The van der Waals surface area contributed by atoms with Gasteiger partial charge in [-0.2, -0.15) is 0 Å². The second kappa shape index (κ2) is 7.80. The minimum absolute atomic E-state index is 0.0112. The molecule has 1 atom stereocenters. The van der Waals surface area contributed by atoms with E-state index in [1.807, 2.05) is 43.3 Å². The summed E-state index contributed by atoms with van der Waals surface area (Å²) in [6.45, 7) is 2.40. The van der Waals surface area contributed by atoms with E-state index in [0.29, 0.717) is 13.0 Å². The first-order chi connectivity index (χ1) is 10.7. The van der Waals surface area contributed by atoms with Gasteiger partial charge in [0.05, 0.1) is 13.7 Å². The standard InChI is InChI=1S/C18H23NO3/c1-3-5-18(21)19-11-14(12-20)16-7-4-6-13-8-9-15(22-2)10-17(13)16/h4,6-10,14,20H,3,5,11-12H2,1-2H3,(H,19,21). The van der Waals surface area contributed by atoms with E-state index in [4.69, 9.17) is 4.74 Å². The molecule has 0 spiro atoms. The summed E-state index contributed by atoms with van der Waals surface area (Å²) in [5.74, 6) is 0.682. The van der Waals surface area contributed by atoms with Gasteiger partial charge in [0.15, 0.2) is 0 Å². The molecule has 0 aliphatic heterocycles. The highest BCUT2D eigenvalue weighted by Gasteiger charge is 2.15. The monoisotopic (exact) mass is 301 g/mol. The molecule has 2 N–H and O–H groups in total. The van der Waals surface area contributed by atoms with E-state index >= 15 is 0 Å². The van der Waals surface area contributed by atoms with Crippen LogP contribution in [-0.4, -0.2) is 31.3 Å². The Morgan fingerprint density at radius 2 is 2.14 bits per heavy atom. The Balaban J connectivity index is 2.28. The van der Waals surface area contributed by atoms with Crippen molar-refractivity contribution < 1.29 is 14.6 Å². The summed E-state index contributed by atoms with van der Waals surface area (Å²) < 4.78 is 5.29. The minimum atomic E-state index is -0.128. The molecule has 0 saturated heterocycles. The van der Waals surface area contributed by atoms with Crippen LogP contribution in [0, 0.1) is 0 Å². The number of fused-ring (bicyclic) bond motifs is 1. The van der Waals surface area contributed by atoms with Crippen LogP contribution < -0.4 is 10.1 Å². The quantitative estimate of drug-likeness (QED) is 0.827. The van der Waals surface area contributed by atoms with Crippen molar-refractivity contribution in [3.8, 4) is 5.75 Å². The molecule has 0 saturated carbocycles. The summed E-state index contributed by atoms with van der Waals surface area (Å²) in [5, 5.41) is 14.8. The van der Waals surface area contributed by atoms with Gasteiger partial charge in [-0.15, -0.1) is 0 Å². The first-order valence-corrected chi connectivity index (χ1v) is 7.63. The summed E-state index contributed by atoms with van der Waals surface area (Å²) in [7, 11) is 1.64. The molecular weight excluding hydrogens is 278 g/mol. The van der Waals surface area contributed by atoms with Crippen LogP contribution in [0.25, 0.3) is 10.8 Å². The van der Waals surface area contributed by atoms with Crippen LogP contribution in [-0.2, 0) is 4.79 Å². The average Bonchev–Trinajstić information content (AvgIpc) is 2.55. The molecule has 4 nitrogen and oxygen atoms in total. The molecule has 118 valence electrons. The highest BCUT2D eigenvalue weighted by atomic mass is 16.5. The van der Waals surface area contributed by atoms with Gasteiger partial charge in [0.2, 0.25) is 5.91 Å². The summed E-state index contributed by atoms with van der Waals surface area (Å²) in [6, 6.07) is 11.9. The van der Waals surface area contributed by atoms with Crippen LogP contribution >= 0.6 is 0 Å². The van der Waals surface area contributed by atoms with E-state index in [1.54, 1.807) is 7.11 Å². The van der Waals surface area contributed by atoms with Gasteiger partial charge in [0.1, 0.15) is 5.75 Å². The highest BCUT2D eigenvalue weighted by molar-refractivity contribution is 5.87. The van der Waals surface area contributed by atoms with Crippen molar-refractivity contribution in [1.29, 1.82) is 0 Å². The molecule has 0 radical (unpaired) electrons. The number of benzene rings is 2. The lowest BCUT2D eigenvalue weighted by Gasteiger charge is -2.18. The van der Waals surface area contributed by atoms with E-state index < -0.39 is 0 Å². The van der Waals surface area contributed by atoms with Crippen LogP contribution in [0.2, 0.25) is 0 Å². The number of rotatable bonds is 7. The molecule has 0 fully saturated rings. The first kappa shape index (κ1) is 16.3. The van der Waals surface area contributed by atoms with E-state index in [9.17, 15) is 9.90 Å². The van der Waals surface area contributed by atoms with Gasteiger partial charge in [-0.25, -0.2) is 0 Å². The summed E-state index contributed by atoms with van der Waals surface area (Å²) >= 11 is 0. The average molecular weight is 301 g/mol. The van der Waals surface area contributed by atoms with Gasteiger partial charge in [-0.1, -0.05) is 31.2 Å². The predicted molar refractivity (Wildman–Crippen MR) is 88.2 cm³/mol. The highest BCUT2D eigenvalue weighted by Crippen LogP contribution is 2.28. The number of methoxy groups -OCH3 is 1. The number of aliphatic hydroxyl groups excluding tert-OH is 1. The van der Waals surface area contributed by atoms with Gasteiger partial charge in [0.25, 0.3) is 0 Å².